The summed E-state index contributed by atoms with van der Waals surface area (Å²) >= 11 is 5.33. The Bertz CT molecular complexity index is 680. The molecule has 0 aromatic heterocycles. The van der Waals surface area contributed by atoms with E-state index in [1.807, 2.05) is 12.1 Å². The van der Waals surface area contributed by atoms with E-state index in [4.69, 9.17) is 26.4 Å². The topological polar surface area (TPSA) is 64.1 Å². The quantitative estimate of drug-likeness (QED) is 0.351. The molecule has 0 spiro atoms. The van der Waals surface area contributed by atoms with Crippen LogP contribution in [0.5, 0.6) is 17.2 Å². The second-order valence-electron chi connectivity index (χ2n) is 6.19. The number of nitrogens with one attached hydrogen (secondary N) is 2. The van der Waals surface area contributed by atoms with Crippen molar-refractivity contribution in [2.45, 2.75) is 18.9 Å². The molecule has 1 aromatic rings. The van der Waals surface area contributed by atoms with Crippen LogP contribution in [-0.4, -0.2) is 38.7 Å². The molecule has 0 heterocycles. The maximum atomic E-state index is 5.33. The molecule has 1 aromatic carbocycles. The predicted octanol–water partition coefficient (Wildman–Crippen LogP) is 2.48. The molecule has 0 saturated heterocycles. The van der Waals surface area contributed by atoms with Crippen LogP contribution < -0.4 is 25.0 Å². The fourth-order valence-electron chi connectivity index (χ4n) is 3.49. The highest BCUT2D eigenvalue weighted by atomic mass is 32.1. The summed E-state index contributed by atoms with van der Waals surface area (Å²) in [5.74, 6) is 3.00. The summed E-state index contributed by atoms with van der Waals surface area (Å²) in [5, 5.41) is 8.09. The summed E-state index contributed by atoms with van der Waals surface area (Å²) in [6.45, 7) is 0. The Hall–Kier alpha value is -2.28. The molecule has 2 aliphatic rings. The molecule has 2 N–H and O–H groups in total. The van der Waals surface area contributed by atoms with E-state index in [1.54, 1.807) is 27.5 Å². The van der Waals surface area contributed by atoms with Gasteiger partial charge in [0.05, 0.1) is 27.5 Å². The summed E-state index contributed by atoms with van der Waals surface area (Å²) in [4.78, 5) is 0. The second-order valence-corrected chi connectivity index (χ2v) is 6.60. The van der Waals surface area contributed by atoms with E-state index >= 15 is 0 Å². The van der Waals surface area contributed by atoms with Gasteiger partial charge in [0.25, 0.3) is 0 Å². The van der Waals surface area contributed by atoms with Gasteiger partial charge in [0.1, 0.15) is 0 Å². The molecule has 7 heteroatoms. The highest BCUT2D eigenvalue weighted by Crippen LogP contribution is 2.39. The zero-order valence-corrected chi connectivity index (χ0v) is 15.4. The third-order valence-electron chi connectivity index (χ3n) is 4.66. The first-order chi connectivity index (χ1) is 12.1. The number of hydrazone groups is 1. The van der Waals surface area contributed by atoms with Crippen LogP contribution in [0.4, 0.5) is 0 Å². The van der Waals surface area contributed by atoms with Crippen LogP contribution in [-0.2, 0) is 0 Å². The Morgan fingerprint density at radius 3 is 2.36 bits per heavy atom. The summed E-state index contributed by atoms with van der Waals surface area (Å²) in [6, 6.07) is 4.05. The van der Waals surface area contributed by atoms with Gasteiger partial charge in [-0.2, -0.15) is 5.10 Å². The first-order valence-electron chi connectivity index (χ1n) is 8.22. The van der Waals surface area contributed by atoms with Crippen LogP contribution in [0, 0.1) is 11.8 Å². The lowest BCUT2D eigenvalue weighted by Gasteiger charge is -2.20. The van der Waals surface area contributed by atoms with Crippen LogP contribution in [0.1, 0.15) is 18.4 Å². The van der Waals surface area contributed by atoms with Crippen molar-refractivity contribution in [2.24, 2.45) is 16.9 Å². The van der Waals surface area contributed by atoms with Crippen LogP contribution in [0.3, 0.4) is 0 Å². The van der Waals surface area contributed by atoms with Gasteiger partial charge in [-0.3, -0.25) is 5.43 Å². The average molecular weight is 361 g/mol. The standard InChI is InChI=1S/C18H23N3O3S/c1-22-15-8-12(9-16(23-2)17(15)24-3)10-19-21-18(25)20-14-7-11-4-5-13(14)6-11/h4-5,8-11,13-14H,6-7H2,1-3H3,(H2,20,21,25)/b19-10+. The van der Waals surface area contributed by atoms with E-state index in [9.17, 15) is 0 Å². The molecule has 0 radical (unpaired) electrons. The Morgan fingerprint density at radius 1 is 1.12 bits per heavy atom. The van der Waals surface area contributed by atoms with Gasteiger partial charge in [-0.25, -0.2) is 0 Å². The van der Waals surface area contributed by atoms with E-state index in [0.717, 1.165) is 12.0 Å². The van der Waals surface area contributed by atoms with Crippen LogP contribution in [0.25, 0.3) is 0 Å². The minimum atomic E-state index is 0.409. The molecule has 6 nitrogen and oxygen atoms in total. The zero-order valence-electron chi connectivity index (χ0n) is 14.6. The molecule has 1 saturated carbocycles. The number of fused-ring (bicyclic) bond motifs is 2. The number of allylic oxidation sites excluding steroid dienone is 1. The van der Waals surface area contributed by atoms with Gasteiger partial charge in [0, 0.05) is 11.6 Å². The molecule has 134 valence electrons. The number of methoxy groups -OCH3 is 3. The van der Waals surface area contributed by atoms with E-state index in [0.29, 0.717) is 40.2 Å². The predicted molar refractivity (Wildman–Crippen MR) is 102 cm³/mol. The third kappa shape index (κ3) is 3.87. The van der Waals surface area contributed by atoms with Gasteiger partial charge in [-0.05, 0) is 49.0 Å². The van der Waals surface area contributed by atoms with Crippen molar-refractivity contribution >= 4 is 23.5 Å². The average Bonchev–Trinajstić information content (AvgIpc) is 3.23. The maximum absolute atomic E-state index is 5.33. The number of hydrogen-bond acceptors (Lipinski definition) is 5. The lowest BCUT2D eigenvalue weighted by atomic mass is 10.0. The Kier molecular flexibility index (Phi) is 5.43. The third-order valence-corrected chi connectivity index (χ3v) is 4.87. The fourth-order valence-corrected chi connectivity index (χ4v) is 3.69. The van der Waals surface area contributed by atoms with Crippen molar-refractivity contribution < 1.29 is 14.2 Å². The number of benzene rings is 1. The van der Waals surface area contributed by atoms with Crippen molar-refractivity contribution in [1.29, 1.82) is 0 Å². The number of thiocarbonyl (C=S) groups is 1. The first-order valence-corrected chi connectivity index (χ1v) is 8.63. The van der Waals surface area contributed by atoms with Gasteiger partial charge in [0.15, 0.2) is 16.6 Å². The van der Waals surface area contributed by atoms with Crippen LogP contribution >= 0.6 is 12.2 Å². The molecule has 3 unspecified atom stereocenters. The van der Waals surface area contributed by atoms with E-state index in [-0.39, 0.29) is 0 Å². The largest absolute Gasteiger partial charge is 0.493 e. The molecule has 0 aliphatic heterocycles. The summed E-state index contributed by atoms with van der Waals surface area (Å²) in [6.07, 6.45) is 8.63. The van der Waals surface area contributed by atoms with E-state index in [1.165, 1.54) is 6.42 Å². The molecule has 3 rings (SSSR count). The number of nitrogens with zero attached hydrogens (tertiary/aromatic N) is 1. The summed E-state index contributed by atoms with van der Waals surface area (Å²) < 4.78 is 16.0. The van der Waals surface area contributed by atoms with Gasteiger partial charge in [-0.1, -0.05) is 12.2 Å². The maximum Gasteiger partial charge on any atom is 0.203 e. The summed E-state index contributed by atoms with van der Waals surface area (Å²) in [7, 11) is 4.74. The molecule has 2 bridgehead atoms. The smallest absolute Gasteiger partial charge is 0.203 e. The van der Waals surface area contributed by atoms with Gasteiger partial charge >= 0.3 is 0 Å². The Morgan fingerprint density at radius 2 is 1.84 bits per heavy atom. The van der Waals surface area contributed by atoms with Crippen LogP contribution in [0.15, 0.2) is 29.4 Å². The number of hydrogen-bond donors (Lipinski definition) is 2. The lowest BCUT2D eigenvalue weighted by Crippen LogP contribution is -2.42. The van der Waals surface area contributed by atoms with Gasteiger partial charge in [0.2, 0.25) is 5.75 Å². The minimum Gasteiger partial charge on any atom is -0.493 e. The number of ether oxygens (including phenoxy) is 3. The van der Waals surface area contributed by atoms with Crippen molar-refractivity contribution in [1.82, 2.24) is 10.7 Å². The fraction of sp³-hybridized carbons (Fsp3) is 0.444. The SMILES string of the molecule is COc1cc(/C=N/NC(=S)NC2CC3C=CC2C3)cc(OC)c1OC. The normalized spacial score (nSPS) is 23.7. The van der Waals surface area contributed by atoms with Gasteiger partial charge in [-0.15, -0.1) is 0 Å². The zero-order chi connectivity index (χ0) is 17.8. The highest BCUT2D eigenvalue weighted by Gasteiger charge is 2.35. The molecule has 1 fully saturated rings. The molecule has 25 heavy (non-hydrogen) atoms. The van der Waals surface area contributed by atoms with Crippen LogP contribution in [0.2, 0.25) is 0 Å². The molecule has 2 aliphatic carbocycles. The highest BCUT2D eigenvalue weighted by molar-refractivity contribution is 7.80. The van der Waals surface area contributed by atoms with E-state index in [2.05, 4.69) is 28.0 Å². The summed E-state index contributed by atoms with van der Waals surface area (Å²) in [5.41, 5.74) is 3.69. The molecular formula is C18H23N3O3S. The van der Waals surface area contributed by atoms with Gasteiger partial charge < -0.3 is 19.5 Å². The molecular weight excluding hydrogens is 338 g/mol. The van der Waals surface area contributed by atoms with Crippen molar-refractivity contribution in [3.8, 4) is 17.2 Å². The van der Waals surface area contributed by atoms with E-state index < -0.39 is 0 Å². The van der Waals surface area contributed by atoms with Crippen molar-refractivity contribution in [3.05, 3.63) is 29.8 Å². The number of rotatable bonds is 6. The minimum absolute atomic E-state index is 0.409. The molecule has 3 atom stereocenters. The first kappa shape index (κ1) is 17.5. The molecule has 0 amide bonds. The van der Waals surface area contributed by atoms with Crippen molar-refractivity contribution in [3.63, 3.8) is 0 Å². The Balaban J connectivity index is 1.60. The van der Waals surface area contributed by atoms with Crippen molar-refractivity contribution in [2.75, 3.05) is 21.3 Å². The second kappa shape index (κ2) is 7.74. The lowest BCUT2D eigenvalue weighted by molar-refractivity contribution is 0.324. The Labute approximate surface area is 153 Å². The monoisotopic (exact) mass is 361 g/mol.